The summed E-state index contributed by atoms with van der Waals surface area (Å²) >= 11 is 0. The Morgan fingerprint density at radius 3 is 2.35 bits per heavy atom. The SMILES string of the molecule is Cc1cc(N)ccc1OC(=O)/C=C/c1ccc(N)cc1. The molecule has 0 aliphatic rings. The quantitative estimate of drug-likeness (QED) is 0.388. The number of ether oxygens (including phenoxy) is 1. The van der Waals surface area contributed by atoms with Crippen molar-refractivity contribution < 1.29 is 9.53 Å². The number of hydrogen-bond donors (Lipinski definition) is 2. The Balaban J connectivity index is 2.03. The van der Waals surface area contributed by atoms with Crippen molar-refractivity contribution in [1.82, 2.24) is 0 Å². The second-order valence-electron chi connectivity index (χ2n) is 4.45. The largest absolute Gasteiger partial charge is 0.423 e. The highest BCUT2D eigenvalue weighted by Crippen LogP contribution is 2.20. The molecule has 0 aromatic heterocycles. The first-order valence-corrected chi connectivity index (χ1v) is 6.16. The van der Waals surface area contributed by atoms with E-state index >= 15 is 0 Å². The lowest BCUT2D eigenvalue weighted by molar-refractivity contribution is -0.128. The molecule has 2 rings (SSSR count). The van der Waals surface area contributed by atoms with Gasteiger partial charge in [-0.3, -0.25) is 0 Å². The molecule has 0 atom stereocenters. The normalized spacial score (nSPS) is 10.7. The molecule has 0 aliphatic heterocycles. The van der Waals surface area contributed by atoms with E-state index < -0.39 is 5.97 Å². The van der Waals surface area contributed by atoms with Crippen LogP contribution in [0.5, 0.6) is 5.75 Å². The van der Waals surface area contributed by atoms with E-state index in [-0.39, 0.29) is 0 Å². The standard InChI is InChI=1S/C16H16N2O2/c1-11-10-14(18)7-8-15(11)20-16(19)9-4-12-2-5-13(17)6-3-12/h2-10H,17-18H2,1H3/b9-4+. The van der Waals surface area contributed by atoms with Gasteiger partial charge in [0.1, 0.15) is 5.75 Å². The first kappa shape index (κ1) is 13.7. The smallest absolute Gasteiger partial charge is 0.336 e. The van der Waals surface area contributed by atoms with Crippen LogP contribution in [0.3, 0.4) is 0 Å². The third-order valence-electron chi connectivity index (χ3n) is 2.76. The average Bonchev–Trinajstić information content (AvgIpc) is 2.41. The highest BCUT2D eigenvalue weighted by molar-refractivity contribution is 5.89. The van der Waals surface area contributed by atoms with Gasteiger partial charge in [-0.15, -0.1) is 0 Å². The summed E-state index contributed by atoms with van der Waals surface area (Å²) in [4.78, 5) is 11.7. The van der Waals surface area contributed by atoms with Crippen molar-refractivity contribution in [1.29, 1.82) is 0 Å². The summed E-state index contributed by atoms with van der Waals surface area (Å²) in [7, 11) is 0. The Kier molecular flexibility index (Phi) is 4.05. The summed E-state index contributed by atoms with van der Waals surface area (Å²) in [6, 6.07) is 12.3. The summed E-state index contributed by atoms with van der Waals surface area (Å²) in [5, 5.41) is 0. The average molecular weight is 268 g/mol. The van der Waals surface area contributed by atoms with Crippen molar-refractivity contribution in [3.8, 4) is 5.75 Å². The van der Waals surface area contributed by atoms with Crippen molar-refractivity contribution >= 4 is 23.4 Å². The zero-order valence-corrected chi connectivity index (χ0v) is 11.2. The van der Waals surface area contributed by atoms with E-state index in [9.17, 15) is 4.79 Å². The van der Waals surface area contributed by atoms with Crippen LogP contribution in [0.1, 0.15) is 11.1 Å². The predicted octanol–water partition coefficient (Wildman–Crippen LogP) is 2.78. The summed E-state index contributed by atoms with van der Waals surface area (Å²) in [5.41, 5.74) is 14.2. The van der Waals surface area contributed by atoms with Crippen molar-refractivity contribution in [2.45, 2.75) is 6.92 Å². The molecule has 0 amide bonds. The van der Waals surface area contributed by atoms with Crippen LogP contribution in [0.2, 0.25) is 0 Å². The van der Waals surface area contributed by atoms with Crippen LogP contribution >= 0.6 is 0 Å². The molecular weight excluding hydrogens is 252 g/mol. The number of nitrogens with two attached hydrogens (primary N) is 2. The van der Waals surface area contributed by atoms with E-state index in [1.165, 1.54) is 6.08 Å². The van der Waals surface area contributed by atoms with Gasteiger partial charge in [-0.2, -0.15) is 0 Å². The third kappa shape index (κ3) is 3.62. The van der Waals surface area contributed by atoms with E-state index in [1.54, 1.807) is 36.4 Å². The molecule has 2 aromatic carbocycles. The predicted molar refractivity (Wildman–Crippen MR) is 81.1 cm³/mol. The van der Waals surface area contributed by atoms with E-state index in [4.69, 9.17) is 16.2 Å². The molecule has 0 aliphatic carbocycles. The molecule has 0 unspecified atom stereocenters. The first-order valence-electron chi connectivity index (χ1n) is 6.16. The molecule has 0 spiro atoms. The van der Waals surface area contributed by atoms with Crippen LogP contribution in [0.15, 0.2) is 48.5 Å². The summed E-state index contributed by atoms with van der Waals surface area (Å²) in [5.74, 6) is 0.0702. The van der Waals surface area contributed by atoms with Gasteiger partial charge in [0, 0.05) is 17.5 Å². The van der Waals surface area contributed by atoms with Gasteiger partial charge < -0.3 is 16.2 Å². The summed E-state index contributed by atoms with van der Waals surface area (Å²) in [6.07, 6.45) is 3.05. The zero-order valence-electron chi connectivity index (χ0n) is 11.2. The fourth-order valence-corrected chi connectivity index (χ4v) is 1.70. The Bertz CT molecular complexity index is 646. The lowest BCUT2D eigenvalue weighted by atomic mass is 10.2. The van der Waals surface area contributed by atoms with Gasteiger partial charge in [0.05, 0.1) is 0 Å². The minimum atomic E-state index is -0.435. The van der Waals surface area contributed by atoms with Crippen molar-refractivity contribution in [3.63, 3.8) is 0 Å². The monoisotopic (exact) mass is 268 g/mol. The van der Waals surface area contributed by atoms with Crippen LogP contribution in [-0.2, 0) is 4.79 Å². The van der Waals surface area contributed by atoms with Crippen LogP contribution in [-0.4, -0.2) is 5.97 Å². The summed E-state index contributed by atoms with van der Waals surface area (Å²) in [6.45, 7) is 1.84. The first-order chi connectivity index (χ1) is 9.54. The number of anilines is 2. The number of hydrogen-bond acceptors (Lipinski definition) is 4. The third-order valence-corrected chi connectivity index (χ3v) is 2.76. The number of nitrogen functional groups attached to an aromatic ring is 2. The van der Waals surface area contributed by atoms with Gasteiger partial charge in [0.2, 0.25) is 0 Å². The number of aryl methyl sites for hydroxylation is 1. The van der Waals surface area contributed by atoms with Crippen molar-refractivity contribution in [2.75, 3.05) is 11.5 Å². The van der Waals surface area contributed by atoms with Crippen LogP contribution in [0.25, 0.3) is 6.08 Å². The minimum absolute atomic E-state index is 0.435. The molecule has 4 nitrogen and oxygen atoms in total. The number of benzene rings is 2. The Morgan fingerprint density at radius 2 is 1.70 bits per heavy atom. The number of esters is 1. The van der Waals surface area contributed by atoms with Gasteiger partial charge in [-0.05, 0) is 54.5 Å². The van der Waals surface area contributed by atoms with Crippen LogP contribution in [0.4, 0.5) is 11.4 Å². The maximum absolute atomic E-state index is 11.7. The highest BCUT2D eigenvalue weighted by Gasteiger charge is 2.04. The molecule has 4 N–H and O–H groups in total. The summed E-state index contributed by atoms with van der Waals surface area (Å²) < 4.78 is 5.24. The van der Waals surface area contributed by atoms with E-state index in [1.807, 2.05) is 19.1 Å². The lowest BCUT2D eigenvalue weighted by Crippen LogP contribution is -2.05. The van der Waals surface area contributed by atoms with Gasteiger partial charge >= 0.3 is 5.97 Å². The van der Waals surface area contributed by atoms with Gasteiger partial charge in [0.15, 0.2) is 0 Å². The van der Waals surface area contributed by atoms with Crippen molar-refractivity contribution in [2.24, 2.45) is 0 Å². The molecule has 20 heavy (non-hydrogen) atoms. The molecule has 0 heterocycles. The van der Waals surface area contributed by atoms with Gasteiger partial charge in [-0.25, -0.2) is 4.79 Å². The number of carbonyl (C=O) groups excluding carboxylic acids is 1. The van der Waals surface area contributed by atoms with Crippen LogP contribution < -0.4 is 16.2 Å². The Labute approximate surface area is 117 Å². The molecule has 4 heteroatoms. The second-order valence-corrected chi connectivity index (χ2v) is 4.45. The molecule has 2 aromatic rings. The fraction of sp³-hybridized carbons (Fsp3) is 0.0625. The topological polar surface area (TPSA) is 78.3 Å². The molecular formula is C16H16N2O2. The Morgan fingerprint density at radius 1 is 1.05 bits per heavy atom. The zero-order chi connectivity index (χ0) is 14.5. The Hall–Kier alpha value is -2.75. The highest BCUT2D eigenvalue weighted by atomic mass is 16.5. The second kappa shape index (κ2) is 5.93. The fourth-order valence-electron chi connectivity index (χ4n) is 1.70. The maximum Gasteiger partial charge on any atom is 0.336 e. The van der Waals surface area contributed by atoms with Crippen molar-refractivity contribution in [3.05, 3.63) is 59.7 Å². The molecule has 0 bridgehead atoms. The number of rotatable bonds is 3. The van der Waals surface area contributed by atoms with E-state index in [2.05, 4.69) is 0 Å². The lowest BCUT2D eigenvalue weighted by Gasteiger charge is -2.05. The molecule has 0 fully saturated rings. The molecule has 102 valence electrons. The van der Waals surface area contributed by atoms with E-state index in [0.717, 1.165) is 11.1 Å². The minimum Gasteiger partial charge on any atom is -0.423 e. The van der Waals surface area contributed by atoms with Crippen LogP contribution in [0, 0.1) is 6.92 Å². The maximum atomic E-state index is 11.7. The molecule has 0 radical (unpaired) electrons. The van der Waals surface area contributed by atoms with Gasteiger partial charge in [0.25, 0.3) is 0 Å². The van der Waals surface area contributed by atoms with E-state index in [0.29, 0.717) is 17.1 Å². The molecule has 0 saturated carbocycles. The van der Waals surface area contributed by atoms with Gasteiger partial charge in [-0.1, -0.05) is 12.1 Å². The number of carbonyl (C=O) groups is 1. The molecule has 0 saturated heterocycles.